The summed E-state index contributed by atoms with van der Waals surface area (Å²) in [6.45, 7) is 4.87. The number of azide groups is 2. The third-order valence-corrected chi connectivity index (χ3v) is 8.19. The number of ether oxygens (including phenoxy) is 3. The number of hydrogen-bond donors (Lipinski definition) is 4. The van der Waals surface area contributed by atoms with Gasteiger partial charge in [0.05, 0.1) is 39.6 Å². The van der Waals surface area contributed by atoms with Gasteiger partial charge in [-0.2, -0.15) is 0 Å². The summed E-state index contributed by atoms with van der Waals surface area (Å²) >= 11 is 0. The molecule has 0 saturated carbocycles. The standard InChI is InChI=1S/C44H46N12O7/c1-31(49-43(59)39(25-35-5-3-19-47-27-35)51-41(57)17-11-33-7-13-37(14-8-33)53-55-45)29-62-23-21-61-22-24-63-30-32(2)50-44(60)40(26-36-6-4-20-48-28-36)52-42(58)18-12-34-9-15-38(16-10-34)54-56-46/h3-20,25-28,31-32H,21-24,29-30H2,1-2H3,(H,49,59)(H,50,60)(H,51,57)(H,52,58)/b17-11+,18-12+,39-25-,40-26-. The molecule has 0 radical (unpaired) electrons. The molecule has 2 unspecified atom stereocenters. The van der Waals surface area contributed by atoms with Crippen molar-refractivity contribution in [1.82, 2.24) is 31.2 Å². The molecular formula is C44H46N12O7. The Morgan fingerprint density at radius 2 is 1.00 bits per heavy atom. The van der Waals surface area contributed by atoms with Crippen LogP contribution in [0, 0.1) is 0 Å². The maximum absolute atomic E-state index is 13.2. The number of aromatic nitrogens is 2. The number of carbonyl (C=O) groups is 4. The van der Waals surface area contributed by atoms with Gasteiger partial charge in [-0.1, -0.05) is 70.9 Å². The molecule has 0 spiro atoms. The number of carbonyl (C=O) groups excluding carboxylic acids is 4. The number of pyridine rings is 2. The highest BCUT2D eigenvalue weighted by Crippen LogP contribution is 2.15. The van der Waals surface area contributed by atoms with E-state index in [1.54, 1.807) is 124 Å². The Labute approximate surface area is 363 Å². The molecular weight excluding hydrogens is 809 g/mol. The van der Waals surface area contributed by atoms with Gasteiger partial charge in [0.25, 0.3) is 11.8 Å². The first-order valence-corrected chi connectivity index (χ1v) is 19.5. The molecule has 4 rings (SSSR count). The molecule has 0 bridgehead atoms. The molecule has 2 aromatic carbocycles. The molecule has 0 saturated heterocycles. The summed E-state index contributed by atoms with van der Waals surface area (Å²) < 4.78 is 17.0. The Hall–Kier alpha value is -7.92. The van der Waals surface area contributed by atoms with E-state index < -0.39 is 35.7 Å². The van der Waals surface area contributed by atoms with Gasteiger partial charge in [-0.15, -0.1) is 0 Å². The Morgan fingerprint density at radius 3 is 1.37 bits per heavy atom. The van der Waals surface area contributed by atoms with E-state index in [9.17, 15) is 19.2 Å². The van der Waals surface area contributed by atoms with Crippen molar-refractivity contribution < 1.29 is 33.4 Å². The zero-order valence-corrected chi connectivity index (χ0v) is 34.5. The van der Waals surface area contributed by atoms with Crippen LogP contribution in [0.5, 0.6) is 0 Å². The lowest BCUT2D eigenvalue weighted by Gasteiger charge is -2.17. The van der Waals surface area contributed by atoms with E-state index >= 15 is 0 Å². The first kappa shape index (κ1) is 47.8. The Kier molecular flexibility index (Phi) is 20.5. The molecule has 19 nitrogen and oxygen atoms in total. The maximum atomic E-state index is 13.2. The molecule has 0 aliphatic heterocycles. The zero-order valence-electron chi connectivity index (χ0n) is 34.5. The predicted molar refractivity (Wildman–Crippen MR) is 237 cm³/mol. The molecule has 19 heteroatoms. The van der Waals surface area contributed by atoms with Gasteiger partial charge in [0.2, 0.25) is 11.8 Å². The van der Waals surface area contributed by atoms with E-state index in [2.05, 4.69) is 51.3 Å². The van der Waals surface area contributed by atoms with E-state index in [4.69, 9.17) is 25.3 Å². The lowest BCUT2D eigenvalue weighted by Crippen LogP contribution is -2.41. The fourth-order valence-electron chi connectivity index (χ4n) is 5.22. The van der Waals surface area contributed by atoms with Crippen LogP contribution in [0.4, 0.5) is 11.4 Å². The molecule has 4 amide bonds. The van der Waals surface area contributed by atoms with E-state index in [1.807, 2.05) is 0 Å². The molecule has 0 aliphatic carbocycles. The fourth-order valence-corrected chi connectivity index (χ4v) is 5.22. The predicted octanol–water partition coefficient (Wildman–Crippen LogP) is 6.46. The first-order valence-electron chi connectivity index (χ1n) is 19.5. The molecule has 63 heavy (non-hydrogen) atoms. The van der Waals surface area contributed by atoms with Gasteiger partial charge in [0.1, 0.15) is 11.4 Å². The molecule has 0 fully saturated rings. The first-order chi connectivity index (χ1) is 30.6. The van der Waals surface area contributed by atoms with Crippen LogP contribution in [0.2, 0.25) is 0 Å². The van der Waals surface area contributed by atoms with Gasteiger partial charge >= 0.3 is 0 Å². The average Bonchev–Trinajstić information content (AvgIpc) is 3.28. The molecule has 4 aromatic rings. The number of nitrogens with one attached hydrogen (secondary N) is 4. The van der Waals surface area contributed by atoms with Gasteiger partial charge in [-0.3, -0.25) is 29.1 Å². The van der Waals surface area contributed by atoms with Crippen LogP contribution in [0.3, 0.4) is 0 Å². The maximum Gasteiger partial charge on any atom is 0.268 e. The lowest BCUT2D eigenvalue weighted by molar-refractivity contribution is -0.121. The monoisotopic (exact) mass is 854 g/mol. The Morgan fingerprint density at radius 1 is 0.603 bits per heavy atom. The zero-order chi connectivity index (χ0) is 45.1. The van der Waals surface area contributed by atoms with Gasteiger partial charge in [-0.05, 0) is 83.6 Å². The number of nitrogens with zero attached hydrogens (tertiary/aromatic N) is 8. The molecule has 2 atom stereocenters. The average molecular weight is 855 g/mol. The van der Waals surface area contributed by atoms with Crippen LogP contribution in [0.1, 0.15) is 36.1 Å². The molecule has 4 N–H and O–H groups in total. The molecule has 324 valence electrons. The van der Waals surface area contributed by atoms with E-state index in [1.165, 1.54) is 24.3 Å². The highest BCUT2D eigenvalue weighted by molar-refractivity contribution is 6.05. The van der Waals surface area contributed by atoms with Crippen LogP contribution in [0.15, 0.2) is 131 Å². The van der Waals surface area contributed by atoms with Gasteiger partial charge < -0.3 is 35.5 Å². The van der Waals surface area contributed by atoms with Crippen molar-refractivity contribution in [2.24, 2.45) is 10.2 Å². The summed E-state index contributed by atoms with van der Waals surface area (Å²) in [7, 11) is 0. The summed E-state index contributed by atoms with van der Waals surface area (Å²) in [5.74, 6) is -2.12. The molecule has 0 aliphatic rings. The van der Waals surface area contributed by atoms with Crippen molar-refractivity contribution in [3.63, 3.8) is 0 Å². The second-order valence-corrected chi connectivity index (χ2v) is 13.4. The van der Waals surface area contributed by atoms with E-state index in [0.29, 0.717) is 33.6 Å². The van der Waals surface area contributed by atoms with Crippen molar-refractivity contribution >= 4 is 59.3 Å². The van der Waals surface area contributed by atoms with Crippen LogP contribution in [-0.4, -0.2) is 85.3 Å². The number of benzene rings is 2. The summed E-state index contributed by atoms with van der Waals surface area (Å²) in [6, 6.07) is 19.3. The lowest BCUT2D eigenvalue weighted by atomic mass is 10.2. The minimum atomic E-state index is -0.535. The highest BCUT2D eigenvalue weighted by atomic mass is 16.5. The van der Waals surface area contributed by atoms with Crippen LogP contribution < -0.4 is 21.3 Å². The summed E-state index contributed by atoms with van der Waals surface area (Å²) in [5.41, 5.74) is 20.6. The van der Waals surface area contributed by atoms with Crippen molar-refractivity contribution in [2.75, 3.05) is 39.6 Å². The number of amides is 4. The second-order valence-electron chi connectivity index (χ2n) is 13.4. The van der Waals surface area contributed by atoms with Crippen molar-refractivity contribution in [3.8, 4) is 0 Å². The number of hydrogen-bond acceptors (Lipinski definition) is 11. The van der Waals surface area contributed by atoms with Crippen LogP contribution >= 0.6 is 0 Å². The van der Waals surface area contributed by atoms with Crippen molar-refractivity contribution in [2.45, 2.75) is 25.9 Å². The van der Waals surface area contributed by atoms with E-state index in [-0.39, 0.29) is 51.0 Å². The summed E-state index contributed by atoms with van der Waals surface area (Å²) in [6.07, 6.45) is 15.0. The summed E-state index contributed by atoms with van der Waals surface area (Å²) in [5, 5.41) is 17.9. The smallest absolute Gasteiger partial charge is 0.268 e. The number of rotatable bonds is 24. The minimum absolute atomic E-state index is 0.00582. The van der Waals surface area contributed by atoms with Crippen molar-refractivity contribution in [3.05, 3.63) is 164 Å². The summed E-state index contributed by atoms with van der Waals surface area (Å²) in [4.78, 5) is 65.6. The van der Waals surface area contributed by atoms with Crippen molar-refractivity contribution in [1.29, 1.82) is 0 Å². The largest absolute Gasteiger partial charge is 0.377 e. The SMILES string of the molecule is CC(COCCOCCOCC(C)NC(=O)/C(=C/c1cccnc1)NC(=O)/C=C/c1ccc(N=[N+]=[N-])cc1)NC(=O)/C(=C/c1cccnc1)NC(=O)/C=C/c1ccc(N=[N+]=[N-])cc1. The topological polar surface area (TPSA) is 267 Å². The van der Waals surface area contributed by atoms with Gasteiger partial charge in [-0.25, -0.2) is 0 Å². The fraction of sp³-hybridized carbons (Fsp3) is 0.227. The third kappa shape index (κ3) is 18.9. The van der Waals surface area contributed by atoms with Gasteiger partial charge in [0.15, 0.2) is 0 Å². The van der Waals surface area contributed by atoms with Crippen LogP contribution in [0.25, 0.3) is 45.2 Å². The van der Waals surface area contributed by atoms with Crippen LogP contribution in [-0.2, 0) is 33.4 Å². The molecule has 2 aromatic heterocycles. The highest BCUT2D eigenvalue weighted by Gasteiger charge is 2.17. The quantitative estimate of drug-likeness (QED) is 0.0198. The molecule has 2 heterocycles. The third-order valence-electron chi connectivity index (χ3n) is 8.19. The van der Waals surface area contributed by atoms with Gasteiger partial charge in [0, 0.05) is 70.2 Å². The normalized spacial score (nSPS) is 12.4. The Balaban J connectivity index is 1.15. The van der Waals surface area contributed by atoms with E-state index in [0.717, 1.165) is 0 Å². The second kappa shape index (κ2) is 27.0. The Bertz CT molecular complexity index is 2180. The minimum Gasteiger partial charge on any atom is -0.377 e.